The number of rotatable bonds is 12. The minimum absolute atomic E-state index is 0.0699. The second kappa shape index (κ2) is 16.4. The summed E-state index contributed by atoms with van der Waals surface area (Å²) in [5, 5.41) is 9.79. The van der Waals surface area contributed by atoms with Gasteiger partial charge < -0.3 is 26.6 Å². The normalized spacial score (nSPS) is 12.7. The summed E-state index contributed by atoms with van der Waals surface area (Å²) >= 11 is 0. The van der Waals surface area contributed by atoms with E-state index in [4.69, 9.17) is 26.1 Å². The number of carboxylic acids is 1. The third kappa shape index (κ3) is 12.4. The van der Waals surface area contributed by atoms with Crippen LogP contribution in [0, 0.1) is 0 Å². The van der Waals surface area contributed by atoms with Crippen molar-refractivity contribution in [2.24, 2.45) is 5.73 Å². The van der Waals surface area contributed by atoms with Gasteiger partial charge in [0.05, 0.1) is 12.9 Å². The lowest BCUT2D eigenvalue weighted by atomic mass is 10.0. The second-order valence-corrected chi connectivity index (χ2v) is 11.2. The number of nitrogen functional groups attached to an aromatic ring is 1. The highest BCUT2D eigenvalue weighted by Gasteiger charge is 2.38. The average molecular weight is 639 g/mol. The van der Waals surface area contributed by atoms with E-state index in [1.165, 1.54) is 7.11 Å². The number of nitrogens with two attached hydrogens (primary N) is 2. The number of anilines is 1. The van der Waals surface area contributed by atoms with Crippen molar-refractivity contribution in [3.05, 3.63) is 101 Å². The largest absolute Gasteiger partial charge is 0.490 e. The van der Waals surface area contributed by atoms with Crippen molar-refractivity contribution in [2.75, 3.05) is 12.8 Å². The Labute approximate surface area is 252 Å². The van der Waals surface area contributed by atoms with Crippen LogP contribution in [0.2, 0.25) is 0 Å². The molecule has 0 saturated carbocycles. The maximum Gasteiger partial charge on any atom is 0.490 e. The minimum atomic E-state index is -5.08. The number of aliphatic carboxylic acids is 1. The lowest BCUT2D eigenvalue weighted by Crippen LogP contribution is -2.53. The van der Waals surface area contributed by atoms with Crippen LogP contribution in [-0.4, -0.2) is 56.7 Å². The van der Waals surface area contributed by atoms with E-state index in [1.54, 1.807) is 66.7 Å². The Morgan fingerprint density at radius 2 is 1.32 bits per heavy atom. The fourth-order valence-electron chi connectivity index (χ4n) is 3.78. The molecule has 0 aromatic heterocycles. The maximum atomic E-state index is 13.4. The molecular weight excluding hydrogens is 605 g/mol. The number of sulfonamides is 1. The summed E-state index contributed by atoms with van der Waals surface area (Å²) in [6.45, 7) is 0.361. The first-order chi connectivity index (χ1) is 20.6. The molecule has 0 aliphatic rings. The number of alkyl halides is 3. The van der Waals surface area contributed by atoms with Gasteiger partial charge >= 0.3 is 18.1 Å². The van der Waals surface area contributed by atoms with Gasteiger partial charge in [-0.05, 0) is 40.8 Å². The van der Waals surface area contributed by atoms with Crippen LogP contribution in [0.3, 0.4) is 0 Å². The predicted molar refractivity (Wildman–Crippen MR) is 156 cm³/mol. The Kier molecular flexibility index (Phi) is 13.3. The van der Waals surface area contributed by atoms with Crippen molar-refractivity contribution < 1.29 is 45.8 Å². The molecule has 44 heavy (non-hydrogen) atoms. The van der Waals surface area contributed by atoms with Gasteiger partial charge in [0.25, 0.3) is 0 Å². The molecule has 0 spiro atoms. The number of halogens is 3. The van der Waals surface area contributed by atoms with Crippen LogP contribution in [-0.2, 0) is 54.3 Å². The first-order valence-corrected chi connectivity index (χ1v) is 14.6. The number of hydrogen-bond donors (Lipinski definition) is 5. The number of carbonyl (C=O) groups excluding carboxylic acids is 2. The maximum absolute atomic E-state index is 13.4. The standard InChI is InChI=1S/C27H32N4O5S.C2HF3O2/c1-36-27(33)25(16-20-11-13-23(29)14-12-20)30-26(32)24(15-19-7-9-21(17-28)10-8-19)31-37(34,35)18-22-5-3-2-4-6-22;3-2(4,5)1(6)7/h2-14,24-25,31H,15-18,28-29H2,1H3,(H,30,32);(H,6,7)/t24-,25+;/m1./s1. The molecule has 1 amide bonds. The van der Waals surface area contributed by atoms with Crippen LogP contribution < -0.4 is 21.5 Å². The monoisotopic (exact) mass is 638 g/mol. The zero-order chi connectivity index (χ0) is 32.9. The highest BCUT2D eigenvalue weighted by molar-refractivity contribution is 7.88. The number of carboxylic acid groups (broad SMARTS) is 1. The van der Waals surface area contributed by atoms with Crippen molar-refractivity contribution in [3.63, 3.8) is 0 Å². The van der Waals surface area contributed by atoms with E-state index >= 15 is 0 Å². The molecule has 3 aromatic rings. The number of amides is 1. The summed E-state index contributed by atoms with van der Waals surface area (Å²) < 4.78 is 65.1. The molecule has 2 atom stereocenters. The number of hydrogen-bond acceptors (Lipinski definition) is 8. The van der Waals surface area contributed by atoms with Gasteiger partial charge in [0.1, 0.15) is 12.1 Å². The molecule has 0 fully saturated rings. The predicted octanol–water partition coefficient (Wildman–Crippen LogP) is 2.29. The summed E-state index contributed by atoms with van der Waals surface area (Å²) in [5.74, 6) is -4.35. The van der Waals surface area contributed by atoms with E-state index in [-0.39, 0.29) is 18.6 Å². The third-order valence-electron chi connectivity index (χ3n) is 6.00. The van der Waals surface area contributed by atoms with Crippen LogP contribution in [0.4, 0.5) is 18.9 Å². The molecule has 0 bridgehead atoms. The van der Waals surface area contributed by atoms with Crippen molar-refractivity contribution in [2.45, 2.75) is 43.4 Å². The number of carbonyl (C=O) groups is 3. The van der Waals surface area contributed by atoms with Crippen LogP contribution >= 0.6 is 0 Å². The second-order valence-electron chi connectivity index (χ2n) is 9.47. The Hall–Kier alpha value is -4.47. The van der Waals surface area contributed by atoms with Crippen molar-refractivity contribution >= 4 is 33.6 Å². The van der Waals surface area contributed by atoms with Crippen LogP contribution in [0.15, 0.2) is 78.9 Å². The number of benzene rings is 3. The molecule has 3 aromatic carbocycles. The van der Waals surface area contributed by atoms with Gasteiger partial charge in [0.15, 0.2) is 0 Å². The van der Waals surface area contributed by atoms with Crippen LogP contribution in [0.25, 0.3) is 0 Å². The lowest BCUT2D eigenvalue weighted by Gasteiger charge is -2.23. The van der Waals surface area contributed by atoms with Crippen molar-refractivity contribution in [1.29, 1.82) is 0 Å². The fraction of sp³-hybridized carbons (Fsp3) is 0.276. The Bertz CT molecular complexity index is 1490. The molecular formula is C29H33F3N4O7S. The zero-order valence-electron chi connectivity index (χ0n) is 23.6. The molecule has 0 saturated heterocycles. The molecule has 0 heterocycles. The van der Waals surface area contributed by atoms with Gasteiger partial charge in [-0.2, -0.15) is 13.2 Å². The zero-order valence-corrected chi connectivity index (χ0v) is 24.4. The summed E-state index contributed by atoms with van der Waals surface area (Å²) in [4.78, 5) is 34.8. The van der Waals surface area contributed by atoms with E-state index in [9.17, 15) is 31.2 Å². The Balaban J connectivity index is 0.000000860. The van der Waals surface area contributed by atoms with Gasteiger partial charge in [-0.15, -0.1) is 0 Å². The summed E-state index contributed by atoms with van der Waals surface area (Å²) in [6.07, 6.45) is -4.87. The van der Waals surface area contributed by atoms with E-state index in [0.717, 1.165) is 16.7 Å². The number of esters is 1. The topological polar surface area (TPSA) is 191 Å². The third-order valence-corrected chi connectivity index (χ3v) is 7.36. The van der Waals surface area contributed by atoms with Gasteiger partial charge in [-0.25, -0.2) is 22.7 Å². The molecule has 0 unspecified atom stereocenters. The molecule has 11 nitrogen and oxygen atoms in total. The van der Waals surface area contributed by atoms with Crippen molar-refractivity contribution in [3.8, 4) is 0 Å². The molecule has 7 N–H and O–H groups in total. The number of ether oxygens (including phenoxy) is 1. The van der Waals surface area contributed by atoms with Gasteiger partial charge in [-0.1, -0.05) is 66.7 Å². The van der Waals surface area contributed by atoms with Gasteiger partial charge in [0.2, 0.25) is 15.9 Å². The highest BCUT2D eigenvalue weighted by atomic mass is 32.2. The molecule has 0 aliphatic carbocycles. The summed E-state index contributed by atoms with van der Waals surface area (Å²) in [7, 11) is -2.67. The van der Waals surface area contributed by atoms with E-state index < -0.39 is 46.1 Å². The van der Waals surface area contributed by atoms with Crippen molar-refractivity contribution in [1.82, 2.24) is 10.0 Å². The summed E-state index contributed by atoms with van der Waals surface area (Å²) in [5.41, 5.74) is 14.9. The quantitative estimate of drug-likeness (QED) is 0.146. The molecule has 0 radical (unpaired) electrons. The molecule has 15 heteroatoms. The molecule has 238 valence electrons. The molecule has 0 aliphatic heterocycles. The van der Waals surface area contributed by atoms with Gasteiger partial charge in [0, 0.05) is 18.7 Å². The first kappa shape index (κ1) is 35.7. The van der Waals surface area contributed by atoms with Crippen LogP contribution in [0.5, 0.6) is 0 Å². The Morgan fingerprint density at radius 3 is 1.80 bits per heavy atom. The summed E-state index contributed by atoms with van der Waals surface area (Å²) in [6, 6.07) is 20.6. The highest BCUT2D eigenvalue weighted by Crippen LogP contribution is 2.14. The fourth-order valence-corrected chi connectivity index (χ4v) is 5.12. The number of methoxy groups -OCH3 is 1. The SMILES string of the molecule is COC(=O)[C@H](Cc1ccc(N)cc1)NC(=O)[C@@H](Cc1ccc(CN)cc1)NS(=O)(=O)Cc1ccccc1.O=C(O)C(F)(F)F. The smallest absolute Gasteiger partial charge is 0.475 e. The van der Waals surface area contributed by atoms with E-state index in [2.05, 4.69) is 10.0 Å². The first-order valence-electron chi connectivity index (χ1n) is 13.0. The number of nitrogens with one attached hydrogen (secondary N) is 2. The molecule has 3 rings (SSSR count). The lowest BCUT2D eigenvalue weighted by molar-refractivity contribution is -0.192. The Morgan fingerprint density at radius 1 is 0.841 bits per heavy atom. The van der Waals surface area contributed by atoms with E-state index in [1.807, 2.05) is 12.1 Å². The minimum Gasteiger partial charge on any atom is -0.475 e. The van der Waals surface area contributed by atoms with Crippen LogP contribution in [0.1, 0.15) is 22.3 Å². The van der Waals surface area contributed by atoms with E-state index in [0.29, 0.717) is 17.8 Å². The van der Waals surface area contributed by atoms with Gasteiger partial charge in [-0.3, -0.25) is 4.79 Å². The average Bonchev–Trinajstić information content (AvgIpc) is 2.97.